The van der Waals surface area contributed by atoms with E-state index in [0.29, 0.717) is 18.0 Å². The highest BCUT2D eigenvalue weighted by atomic mass is 35.5. The van der Waals surface area contributed by atoms with E-state index in [-0.39, 0.29) is 35.8 Å². The minimum absolute atomic E-state index is 0. The zero-order chi connectivity index (χ0) is 14.7. The maximum Gasteiger partial charge on any atom is 0.310 e. The van der Waals surface area contributed by atoms with Gasteiger partial charge in [-0.3, -0.25) is 14.9 Å². The van der Waals surface area contributed by atoms with Crippen molar-refractivity contribution in [1.29, 1.82) is 0 Å². The second-order valence-electron chi connectivity index (χ2n) is 4.80. The topological polar surface area (TPSA) is 107 Å². The number of halogens is 1. The Morgan fingerprint density at radius 3 is 2.71 bits per heavy atom. The molecule has 0 saturated heterocycles. The summed E-state index contributed by atoms with van der Waals surface area (Å²) in [6.07, 6.45) is 2.15. The third kappa shape index (κ3) is 4.05. The molecule has 0 aromatic heterocycles. The van der Waals surface area contributed by atoms with Crippen LogP contribution in [-0.4, -0.2) is 30.5 Å². The van der Waals surface area contributed by atoms with Crippen molar-refractivity contribution in [2.45, 2.75) is 18.9 Å². The maximum atomic E-state index is 12.1. The minimum Gasteiger partial charge on any atom is -0.490 e. The van der Waals surface area contributed by atoms with Gasteiger partial charge < -0.3 is 15.8 Å². The van der Waals surface area contributed by atoms with Crippen LogP contribution in [0.4, 0.5) is 5.69 Å². The van der Waals surface area contributed by atoms with E-state index in [0.717, 1.165) is 12.8 Å². The number of nitro groups is 1. The van der Waals surface area contributed by atoms with Crippen molar-refractivity contribution in [3.63, 3.8) is 0 Å². The number of rotatable bonds is 6. The molecule has 1 amide bonds. The molecule has 1 atom stereocenters. The highest BCUT2D eigenvalue weighted by Gasteiger charge is 2.31. The molecule has 0 spiro atoms. The van der Waals surface area contributed by atoms with Crippen molar-refractivity contribution in [1.82, 2.24) is 5.32 Å². The fraction of sp³-hybridized carbons (Fsp3) is 0.462. The number of benzene rings is 1. The van der Waals surface area contributed by atoms with Crippen LogP contribution in [0, 0.1) is 16.0 Å². The molecule has 3 N–H and O–H groups in total. The molecule has 1 aromatic rings. The van der Waals surface area contributed by atoms with Gasteiger partial charge in [0.15, 0.2) is 5.75 Å². The number of hydrogen-bond acceptors (Lipinski definition) is 5. The van der Waals surface area contributed by atoms with Gasteiger partial charge in [-0.1, -0.05) is 0 Å². The molecule has 8 heteroatoms. The Morgan fingerprint density at radius 2 is 2.24 bits per heavy atom. The van der Waals surface area contributed by atoms with E-state index in [2.05, 4.69) is 5.32 Å². The average Bonchev–Trinajstić information content (AvgIpc) is 3.28. The quantitative estimate of drug-likeness (QED) is 0.611. The summed E-state index contributed by atoms with van der Waals surface area (Å²) in [5.74, 6) is 0.225. The Labute approximate surface area is 128 Å². The summed E-state index contributed by atoms with van der Waals surface area (Å²) < 4.78 is 4.94. The third-order valence-corrected chi connectivity index (χ3v) is 3.40. The smallest absolute Gasteiger partial charge is 0.310 e. The standard InChI is InChI=1S/C13H17N3O4.ClH/c1-20-12-6-9(4-5-11(12)16(18)19)13(17)15-10(7-14)8-2-3-8;/h4-6,8,10H,2-3,7,14H2,1H3,(H,15,17);1H. The van der Waals surface area contributed by atoms with Gasteiger partial charge in [0.2, 0.25) is 0 Å². The van der Waals surface area contributed by atoms with Crippen LogP contribution in [0.2, 0.25) is 0 Å². The molecule has 0 bridgehead atoms. The lowest BCUT2D eigenvalue weighted by Gasteiger charge is -2.16. The first-order chi connectivity index (χ1) is 9.56. The van der Waals surface area contributed by atoms with Gasteiger partial charge >= 0.3 is 5.69 Å². The van der Waals surface area contributed by atoms with E-state index < -0.39 is 4.92 Å². The van der Waals surface area contributed by atoms with Crippen molar-refractivity contribution in [2.24, 2.45) is 11.7 Å². The van der Waals surface area contributed by atoms with E-state index in [1.165, 1.54) is 25.3 Å². The third-order valence-electron chi connectivity index (χ3n) is 3.40. The molecule has 0 radical (unpaired) electrons. The molecule has 116 valence electrons. The molecule has 1 aliphatic carbocycles. The molecule has 1 saturated carbocycles. The van der Waals surface area contributed by atoms with Gasteiger partial charge in [-0.05, 0) is 24.8 Å². The Hall–Kier alpha value is -1.86. The van der Waals surface area contributed by atoms with Gasteiger partial charge in [0.25, 0.3) is 5.91 Å². The zero-order valence-corrected chi connectivity index (χ0v) is 12.4. The van der Waals surface area contributed by atoms with Crippen molar-refractivity contribution < 1.29 is 14.5 Å². The molecule has 7 nitrogen and oxygen atoms in total. The van der Waals surface area contributed by atoms with Crippen LogP contribution in [0.25, 0.3) is 0 Å². The molecule has 0 heterocycles. The van der Waals surface area contributed by atoms with Crippen LogP contribution in [0.3, 0.4) is 0 Å². The summed E-state index contributed by atoms with van der Waals surface area (Å²) in [5.41, 5.74) is 5.79. The van der Waals surface area contributed by atoms with E-state index in [9.17, 15) is 14.9 Å². The van der Waals surface area contributed by atoms with Gasteiger partial charge in [-0.15, -0.1) is 12.4 Å². The van der Waals surface area contributed by atoms with Crippen LogP contribution in [0.15, 0.2) is 18.2 Å². The van der Waals surface area contributed by atoms with Crippen molar-refractivity contribution in [2.75, 3.05) is 13.7 Å². The second-order valence-corrected chi connectivity index (χ2v) is 4.80. The number of nitrogens with two attached hydrogens (primary N) is 1. The zero-order valence-electron chi connectivity index (χ0n) is 11.6. The average molecular weight is 316 g/mol. The lowest BCUT2D eigenvalue weighted by atomic mass is 10.1. The summed E-state index contributed by atoms with van der Waals surface area (Å²) in [7, 11) is 1.33. The summed E-state index contributed by atoms with van der Waals surface area (Å²) in [6.45, 7) is 0.389. The number of hydrogen-bond donors (Lipinski definition) is 2. The number of amides is 1. The first-order valence-electron chi connectivity index (χ1n) is 6.40. The lowest BCUT2D eigenvalue weighted by Crippen LogP contribution is -2.41. The first kappa shape index (κ1) is 17.2. The number of carbonyl (C=O) groups excluding carboxylic acids is 1. The van der Waals surface area contributed by atoms with Gasteiger partial charge in [0.05, 0.1) is 12.0 Å². The monoisotopic (exact) mass is 315 g/mol. The molecule has 1 aromatic carbocycles. The van der Waals surface area contributed by atoms with Gasteiger partial charge in [-0.25, -0.2) is 0 Å². The van der Waals surface area contributed by atoms with Crippen LogP contribution in [0.1, 0.15) is 23.2 Å². The molecule has 1 aliphatic rings. The van der Waals surface area contributed by atoms with E-state index in [4.69, 9.17) is 10.5 Å². The summed E-state index contributed by atoms with van der Waals surface area (Å²) >= 11 is 0. The number of ether oxygens (including phenoxy) is 1. The number of methoxy groups -OCH3 is 1. The molecular weight excluding hydrogens is 298 g/mol. The molecular formula is C13H18ClN3O4. The van der Waals surface area contributed by atoms with Gasteiger partial charge in [0.1, 0.15) is 0 Å². The Morgan fingerprint density at radius 1 is 1.57 bits per heavy atom. The maximum absolute atomic E-state index is 12.1. The summed E-state index contributed by atoms with van der Waals surface area (Å²) in [5, 5.41) is 13.6. The molecule has 2 rings (SSSR count). The van der Waals surface area contributed by atoms with E-state index in [1.54, 1.807) is 0 Å². The van der Waals surface area contributed by atoms with Crippen LogP contribution < -0.4 is 15.8 Å². The Balaban J connectivity index is 0.00000220. The summed E-state index contributed by atoms with van der Waals surface area (Å²) in [6, 6.07) is 4.01. The Bertz CT molecular complexity index is 534. The summed E-state index contributed by atoms with van der Waals surface area (Å²) in [4.78, 5) is 22.3. The highest BCUT2D eigenvalue weighted by molar-refractivity contribution is 5.95. The second kappa shape index (κ2) is 7.24. The fourth-order valence-corrected chi connectivity index (χ4v) is 2.09. The fourth-order valence-electron chi connectivity index (χ4n) is 2.09. The molecule has 0 aliphatic heterocycles. The minimum atomic E-state index is -0.548. The number of carbonyl (C=O) groups is 1. The molecule has 21 heavy (non-hydrogen) atoms. The van der Waals surface area contributed by atoms with Crippen LogP contribution in [0.5, 0.6) is 5.75 Å². The van der Waals surface area contributed by atoms with Crippen LogP contribution in [-0.2, 0) is 0 Å². The molecule has 1 fully saturated rings. The van der Waals surface area contributed by atoms with E-state index in [1.807, 2.05) is 0 Å². The highest BCUT2D eigenvalue weighted by Crippen LogP contribution is 2.32. The van der Waals surface area contributed by atoms with Crippen LogP contribution >= 0.6 is 12.4 Å². The largest absolute Gasteiger partial charge is 0.490 e. The first-order valence-corrected chi connectivity index (χ1v) is 6.40. The normalized spacial score (nSPS) is 14.8. The van der Waals surface area contributed by atoms with Crippen molar-refractivity contribution in [3.05, 3.63) is 33.9 Å². The van der Waals surface area contributed by atoms with Crippen molar-refractivity contribution in [3.8, 4) is 5.75 Å². The number of nitrogens with one attached hydrogen (secondary N) is 1. The van der Waals surface area contributed by atoms with Gasteiger partial charge in [-0.2, -0.15) is 0 Å². The Kier molecular flexibility index (Phi) is 5.92. The molecule has 1 unspecified atom stereocenters. The predicted molar refractivity (Wildman–Crippen MR) is 79.9 cm³/mol. The van der Waals surface area contributed by atoms with E-state index >= 15 is 0 Å². The number of nitro benzene ring substituents is 1. The lowest BCUT2D eigenvalue weighted by molar-refractivity contribution is -0.385. The van der Waals surface area contributed by atoms with Crippen molar-refractivity contribution >= 4 is 24.0 Å². The SMILES string of the molecule is COc1cc(C(=O)NC(CN)C2CC2)ccc1[N+](=O)[O-].Cl. The number of nitrogens with zero attached hydrogens (tertiary/aromatic N) is 1. The predicted octanol–water partition coefficient (Wildman–Crippen LogP) is 1.49. The van der Waals surface area contributed by atoms with Gasteiger partial charge in [0, 0.05) is 30.3 Å².